The molecule has 2 aromatic carbocycles. The number of hydrogen-bond donors (Lipinski definition) is 2. The SMILES string of the molecule is Cc1ccc(S(=O)(=O)Nc2ccc(N3CCSCC3)c(C(=O)O)c2)c(Br)c1. The van der Waals surface area contributed by atoms with Crippen molar-refractivity contribution < 1.29 is 18.3 Å². The van der Waals surface area contributed by atoms with E-state index in [-0.39, 0.29) is 16.1 Å². The van der Waals surface area contributed by atoms with E-state index in [1.807, 2.05) is 23.6 Å². The average molecular weight is 471 g/mol. The molecule has 2 N–H and O–H groups in total. The van der Waals surface area contributed by atoms with Crippen molar-refractivity contribution in [1.29, 1.82) is 0 Å². The Hall–Kier alpha value is -1.71. The van der Waals surface area contributed by atoms with Crippen LogP contribution in [0.5, 0.6) is 0 Å². The molecule has 1 fully saturated rings. The Balaban J connectivity index is 1.93. The van der Waals surface area contributed by atoms with Crippen LogP contribution in [-0.4, -0.2) is 44.1 Å². The van der Waals surface area contributed by atoms with E-state index in [9.17, 15) is 18.3 Å². The predicted molar refractivity (Wildman–Crippen MR) is 113 cm³/mol. The van der Waals surface area contributed by atoms with Crippen LogP contribution in [0.1, 0.15) is 15.9 Å². The first-order chi connectivity index (χ1) is 12.8. The Labute approximate surface area is 171 Å². The van der Waals surface area contributed by atoms with E-state index in [0.29, 0.717) is 10.2 Å². The van der Waals surface area contributed by atoms with Gasteiger partial charge in [0.1, 0.15) is 4.90 Å². The van der Waals surface area contributed by atoms with Gasteiger partial charge in [-0.05, 0) is 58.7 Å². The summed E-state index contributed by atoms with van der Waals surface area (Å²) in [7, 11) is -3.85. The van der Waals surface area contributed by atoms with Crippen LogP contribution in [0.2, 0.25) is 0 Å². The van der Waals surface area contributed by atoms with Gasteiger partial charge >= 0.3 is 5.97 Å². The first-order valence-corrected chi connectivity index (χ1v) is 11.7. The molecule has 2 aromatic rings. The highest BCUT2D eigenvalue weighted by molar-refractivity contribution is 9.10. The number of nitrogens with one attached hydrogen (secondary N) is 1. The fourth-order valence-electron chi connectivity index (χ4n) is 2.88. The van der Waals surface area contributed by atoms with Crippen LogP contribution in [-0.2, 0) is 10.0 Å². The van der Waals surface area contributed by atoms with E-state index in [4.69, 9.17) is 0 Å². The first-order valence-electron chi connectivity index (χ1n) is 8.27. The van der Waals surface area contributed by atoms with Crippen molar-refractivity contribution in [3.8, 4) is 0 Å². The van der Waals surface area contributed by atoms with Gasteiger partial charge in [0, 0.05) is 34.8 Å². The fraction of sp³-hybridized carbons (Fsp3) is 0.278. The molecule has 0 bridgehead atoms. The van der Waals surface area contributed by atoms with Gasteiger partial charge in [0.15, 0.2) is 0 Å². The van der Waals surface area contributed by atoms with Crippen LogP contribution >= 0.6 is 27.7 Å². The molecule has 27 heavy (non-hydrogen) atoms. The largest absolute Gasteiger partial charge is 0.478 e. The zero-order chi connectivity index (χ0) is 19.6. The van der Waals surface area contributed by atoms with E-state index in [2.05, 4.69) is 20.7 Å². The van der Waals surface area contributed by atoms with Crippen molar-refractivity contribution in [2.24, 2.45) is 0 Å². The summed E-state index contributed by atoms with van der Waals surface area (Å²) in [6, 6.07) is 9.58. The molecule has 0 atom stereocenters. The molecule has 0 amide bonds. The summed E-state index contributed by atoms with van der Waals surface area (Å²) in [5.41, 5.74) is 1.85. The van der Waals surface area contributed by atoms with Crippen LogP contribution in [0.15, 0.2) is 45.8 Å². The first kappa shape index (κ1) is 20.0. The van der Waals surface area contributed by atoms with Crippen molar-refractivity contribution in [2.45, 2.75) is 11.8 Å². The Kier molecular flexibility index (Phi) is 6.02. The number of carbonyl (C=O) groups is 1. The maximum Gasteiger partial charge on any atom is 0.337 e. The third-order valence-electron chi connectivity index (χ3n) is 4.21. The second-order valence-corrected chi connectivity index (χ2v) is 9.91. The number of aryl methyl sites for hydroxylation is 1. The van der Waals surface area contributed by atoms with Gasteiger partial charge in [0.2, 0.25) is 0 Å². The molecule has 0 spiro atoms. The number of nitrogens with zero attached hydrogens (tertiary/aromatic N) is 1. The highest BCUT2D eigenvalue weighted by Crippen LogP contribution is 2.29. The molecule has 0 aliphatic carbocycles. The van der Waals surface area contributed by atoms with Crippen LogP contribution in [0, 0.1) is 6.92 Å². The van der Waals surface area contributed by atoms with E-state index in [0.717, 1.165) is 30.2 Å². The van der Waals surface area contributed by atoms with Crippen molar-refractivity contribution in [1.82, 2.24) is 0 Å². The molecule has 0 radical (unpaired) electrons. The summed E-state index contributed by atoms with van der Waals surface area (Å²) in [6.45, 7) is 3.41. The Morgan fingerprint density at radius 3 is 2.52 bits per heavy atom. The normalized spacial score (nSPS) is 14.8. The highest BCUT2D eigenvalue weighted by atomic mass is 79.9. The van der Waals surface area contributed by atoms with E-state index in [1.54, 1.807) is 24.3 Å². The predicted octanol–water partition coefficient (Wildman–Crippen LogP) is 3.81. The lowest BCUT2D eigenvalue weighted by Crippen LogP contribution is -2.33. The van der Waals surface area contributed by atoms with Crippen molar-refractivity contribution >= 4 is 55.1 Å². The van der Waals surface area contributed by atoms with Gasteiger partial charge in [0.25, 0.3) is 10.0 Å². The number of aromatic carboxylic acids is 1. The molecule has 6 nitrogen and oxygen atoms in total. The van der Waals surface area contributed by atoms with Crippen molar-refractivity contribution in [3.05, 3.63) is 52.0 Å². The molecule has 1 heterocycles. The van der Waals surface area contributed by atoms with Crippen LogP contribution in [0.4, 0.5) is 11.4 Å². The summed E-state index contributed by atoms with van der Waals surface area (Å²) in [5, 5.41) is 9.59. The minimum absolute atomic E-state index is 0.0880. The topological polar surface area (TPSA) is 86.7 Å². The average Bonchev–Trinajstić information content (AvgIpc) is 2.61. The number of hydrogen-bond acceptors (Lipinski definition) is 5. The zero-order valence-electron chi connectivity index (χ0n) is 14.6. The lowest BCUT2D eigenvalue weighted by atomic mass is 10.1. The van der Waals surface area contributed by atoms with Crippen molar-refractivity contribution in [2.75, 3.05) is 34.2 Å². The summed E-state index contributed by atoms with van der Waals surface area (Å²) in [4.78, 5) is 13.8. The second kappa shape index (κ2) is 8.12. The molecule has 1 aliphatic rings. The molecule has 1 saturated heterocycles. The number of sulfonamides is 1. The lowest BCUT2D eigenvalue weighted by molar-refractivity contribution is 0.0697. The van der Waals surface area contributed by atoms with Gasteiger partial charge in [-0.15, -0.1) is 0 Å². The second-order valence-electron chi connectivity index (χ2n) is 6.18. The number of anilines is 2. The molecular formula is C18H19BrN2O4S2. The Morgan fingerprint density at radius 2 is 1.89 bits per heavy atom. The molecule has 0 saturated carbocycles. The molecule has 9 heteroatoms. The van der Waals surface area contributed by atoms with Gasteiger partial charge in [-0.3, -0.25) is 4.72 Å². The van der Waals surface area contributed by atoms with Gasteiger partial charge in [0.05, 0.1) is 11.3 Å². The lowest BCUT2D eigenvalue weighted by Gasteiger charge is -2.29. The summed E-state index contributed by atoms with van der Waals surface area (Å²) in [5.74, 6) is 0.796. The Bertz CT molecular complexity index is 973. The van der Waals surface area contributed by atoms with E-state index in [1.165, 1.54) is 12.1 Å². The number of benzene rings is 2. The number of carboxylic acid groups (broad SMARTS) is 1. The van der Waals surface area contributed by atoms with E-state index >= 15 is 0 Å². The number of thioether (sulfide) groups is 1. The zero-order valence-corrected chi connectivity index (χ0v) is 17.8. The van der Waals surface area contributed by atoms with Gasteiger partial charge in [-0.25, -0.2) is 13.2 Å². The monoisotopic (exact) mass is 470 g/mol. The van der Waals surface area contributed by atoms with Gasteiger partial charge in [-0.1, -0.05) is 6.07 Å². The van der Waals surface area contributed by atoms with Crippen LogP contribution in [0.25, 0.3) is 0 Å². The third-order valence-corrected chi connectivity index (χ3v) is 7.51. The Morgan fingerprint density at radius 1 is 1.19 bits per heavy atom. The van der Waals surface area contributed by atoms with Crippen LogP contribution < -0.4 is 9.62 Å². The number of carboxylic acids is 1. The molecule has 3 rings (SSSR count). The molecule has 0 aromatic heterocycles. The van der Waals surface area contributed by atoms with Crippen LogP contribution in [0.3, 0.4) is 0 Å². The van der Waals surface area contributed by atoms with E-state index < -0.39 is 16.0 Å². The summed E-state index contributed by atoms with van der Waals surface area (Å²) < 4.78 is 28.3. The smallest absolute Gasteiger partial charge is 0.337 e. The number of halogens is 1. The quantitative estimate of drug-likeness (QED) is 0.690. The highest BCUT2D eigenvalue weighted by Gasteiger charge is 2.22. The standard InChI is InChI=1S/C18H19BrN2O4S2/c1-12-2-5-17(15(19)10-12)27(24,25)20-13-3-4-16(14(11-13)18(22)23)21-6-8-26-9-7-21/h2-5,10-11,20H,6-9H2,1H3,(H,22,23). The third kappa shape index (κ3) is 4.59. The molecule has 0 unspecified atom stereocenters. The number of rotatable bonds is 5. The summed E-state index contributed by atoms with van der Waals surface area (Å²) in [6.07, 6.45) is 0. The maximum atomic E-state index is 12.7. The summed E-state index contributed by atoms with van der Waals surface area (Å²) >= 11 is 5.11. The molecular weight excluding hydrogens is 452 g/mol. The molecule has 1 aliphatic heterocycles. The van der Waals surface area contributed by atoms with Crippen molar-refractivity contribution in [3.63, 3.8) is 0 Å². The minimum atomic E-state index is -3.85. The van der Waals surface area contributed by atoms with Gasteiger partial charge in [-0.2, -0.15) is 11.8 Å². The minimum Gasteiger partial charge on any atom is -0.478 e. The fourth-order valence-corrected chi connectivity index (χ4v) is 6.03. The maximum absolute atomic E-state index is 12.7. The van der Waals surface area contributed by atoms with Gasteiger partial charge < -0.3 is 10.0 Å². The molecule has 144 valence electrons.